The Bertz CT molecular complexity index is 428. The van der Waals surface area contributed by atoms with Crippen LogP contribution in [0, 0.1) is 0 Å². The molecule has 0 saturated carbocycles. The Labute approximate surface area is 112 Å². The van der Waals surface area contributed by atoms with E-state index >= 15 is 0 Å². The molecule has 7 N–H and O–H groups in total. The SMILES string of the molecule is O=P(O)(O)OC[C@H]1O[C@@](CO)(OP(=O)(O)O)C(O)C1O. The van der Waals surface area contributed by atoms with Gasteiger partial charge < -0.3 is 39.6 Å². The summed E-state index contributed by atoms with van der Waals surface area (Å²) in [6, 6.07) is 0. The zero-order chi connectivity index (χ0) is 15.8. The Morgan fingerprint density at radius 3 is 2.05 bits per heavy atom. The van der Waals surface area contributed by atoms with Crippen LogP contribution in [0.15, 0.2) is 0 Å². The van der Waals surface area contributed by atoms with Gasteiger partial charge >= 0.3 is 15.6 Å². The van der Waals surface area contributed by atoms with Crippen LogP contribution >= 0.6 is 15.6 Å². The molecule has 1 saturated heterocycles. The number of aliphatic hydroxyl groups excluding tert-OH is 3. The van der Waals surface area contributed by atoms with Gasteiger partial charge in [0.05, 0.1) is 6.61 Å². The summed E-state index contributed by atoms with van der Waals surface area (Å²) >= 11 is 0. The summed E-state index contributed by atoms with van der Waals surface area (Å²) in [6.07, 6.45) is -5.53. The van der Waals surface area contributed by atoms with E-state index in [9.17, 15) is 19.3 Å². The van der Waals surface area contributed by atoms with Crippen LogP contribution < -0.4 is 0 Å². The molecule has 4 atom stereocenters. The Kier molecular flexibility index (Phi) is 5.48. The van der Waals surface area contributed by atoms with E-state index < -0.39 is 53.0 Å². The Morgan fingerprint density at radius 2 is 1.65 bits per heavy atom. The van der Waals surface area contributed by atoms with Crippen LogP contribution in [0.25, 0.3) is 0 Å². The van der Waals surface area contributed by atoms with Crippen LogP contribution in [0.5, 0.6) is 0 Å². The van der Waals surface area contributed by atoms with Gasteiger partial charge in [-0.05, 0) is 0 Å². The molecule has 0 bridgehead atoms. The summed E-state index contributed by atoms with van der Waals surface area (Å²) in [5.41, 5.74) is 0. The fourth-order valence-corrected chi connectivity index (χ4v) is 2.55. The molecule has 1 rings (SSSR count). The van der Waals surface area contributed by atoms with Crippen LogP contribution in [-0.4, -0.2) is 72.2 Å². The van der Waals surface area contributed by atoms with Crippen molar-refractivity contribution in [1.29, 1.82) is 0 Å². The molecule has 12 nitrogen and oxygen atoms in total. The average molecular weight is 340 g/mol. The molecule has 1 heterocycles. The smallest absolute Gasteiger partial charge is 0.391 e. The predicted molar refractivity (Wildman–Crippen MR) is 57.8 cm³/mol. The molecule has 1 aliphatic heterocycles. The third-order valence-corrected chi connectivity index (χ3v) is 3.44. The van der Waals surface area contributed by atoms with Crippen molar-refractivity contribution >= 4 is 15.6 Å². The van der Waals surface area contributed by atoms with Gasteiger partial charge in [-0.2, -0.15) is 0 Å². The lowest BCUT2D eigenvalue weighted by atomic mass is 10.1. The van der Waals surface area contributed by atoms with Crippen molar-refractivity contribution in [3.05, 3.63) is 0 Å². The monoisotopic (exact) mass is 340 g/mol. The highest BCUT2D eigenvalue weighted by molar-refractivity contribution is 7.46. The lowest BCUT2D eigenvalue weighted by Crippen LogP contribution is -2.47. The molecule has 20 heavy (non-hydrogen) atoms. The second kappa shape index (κ2) is 6.05. The van der Waals surface area contributed by atoms with E-state index in [-0.39, 0.29) is 0 Å². The third kappa shape index (κ3) is 4.53. The molecule has 14 heteroatoms. The molecule has 0 aliphatic carbocycles. The number of phosphoric acid groups is 2. The molecule has 0 spiro atoms. The summed E-state index contributed by atoms with van der Waals surface area (Å²) in [4.78, 5) is 34.3. The van der Waals surface area contributed by atoms with Crippen LogP contribution in [-0.2, 0) is 22.9 Å². The maximum atomic E-state index is 10.8. The first-order chi connectivity index (χ1) is 8.90. The van der Waals surface area contributed by atoms with Crippen molar-refractivity contribution in [3.63, 3.8) is 0 Å². The molecular formula is C6H14O12P2. The maximum absolute atomic E-state index is 10.8. The minimum Gasteiger partial charge on any atom is -0.391 e. The summed E-state index contributed by atoms with van der Waals surface area (Å²) < 4.78 is 34.2. The van der Waals surface area contributed by atoms with E-state index in [0.29, 0.717) is 0 Å². The zero-order valence-corrected chi connectivity index (χ0v) is 11.5. The highest BCUT2D eigenvalue weighted by atomic mass is 31.2. The van der Waals surface area contributed by atoms with Gasteiger partial charge in [0.15, 0.2) is 0 Å². The predicted octanol–water partition coefficient (Wildman–Crippen LogP) is -2.99. The number of ether oxygens (including phenoxy) is 1. The molecule has 1 aliphatic rings. The quantitative estimate of drug-likeness (QED) is 0.242. The van der Waals surface area contributed by atoms with Gasteiger partial charge in [0, 0.05) is 0 Å². The minimum atomic E-state index is -5.19. The molecule has 2 unspecified atom stereocenters. The first-order valence-corrected chi connectivity index (χ1v) is 8.07. The summed E-state index contributed by atoms with van der Waals surface area (Å²) in [5, 5.41) is 28.2. The fourth-order valence-electron chi connectivity index (χ4n) is 1.60. The maximum Gasteiger partial charge on any atom is 0.472 e. The molecule has 120 valence electrons. The summed E-state index contributed by atoms with van der Waals surface area (Å²) in [7, 11) is -10.1. The van der Waals surface area contributed by atoms with Crippen LogP contribution in [0.1, 0.15) is 0 Å². The number of phosphoric ester groups is 2. The average Bonchev–Trinajstić information content (AvgIpc) is 2.49. The van der Waals surface area contributed by atoms with E-state index in [0.717, 1.165) is 0 Å². The minimum absolute atomic E-state index is 0.908. The van der Waals surface area contributed by atoms with Gasteiger partial charge in [0.1, 0.15) is 24.9 Å². The standard InChI is InChI=1S/C6H14O12P2/c7-2-6(18-20(13,14)15)5(9)4(8)3(17-6)1-16-19(10,11)12/h3-5,7-9H,1-2H2,(H2,10,11,12)(H2,13,14,15)/t3-,4?,5?,6+/m1/s1. The molecule has 0 aromatic carbocycles. The van der Waals surface area contributed by atoms with Gasteiger partial charge in [0.2, 0.25) is 5.79 Å². The zero-order valence-electron chi connectivity index (χ0n) is 9.71. The van der Waals surface area contributed by atoms with E-state index in [1.54, 1.807) is 0 Å². The lowest BCUT2D eigenvalue weighted by Gasteiger charge is -2.29. The summed E-state index contributed by atoms with van der Waals surface area (Å²) in [5.74, 6) is -2.64. The van der Waals surface area contributed by atoms with Crippen molar-refractivity contribution in [2.75, 3.05) is 13.2 Å². The van der Waals surface area contributed by atoms with Crippen molar-refractivity contribution in [1.82, 2.24) is 0 Å². The largest absolute Gasteiger partial charge is 0.472 e. The van der Waals surface area contributed by atoms with E-state index in [4.69, 9.17) is 29.4 Å². The molecule has 1 fully saturated rings. The highest BCUT2D eigenvalue weighted by Gasteiger charge is 2.58. The van der Waals surface area contributed by atoms with Crippen molar-refractivity contribution in [2.45, 2.75) is 24.1 Å². The van der Waals surface area contributed by atoms with Crippen LogP contribution in [0.4, 0.5) is 0 Å². The number of hydrogen-bond donors (Lipinski definition) is 7. The van der Waals surface area contributed by atoms with E-state index in [1.807, 2.05) is 0 Å². The molecule has 0 aromatic heterocycles. The van der Waals surface area contributed by atoms with Gasteiger partial charge in [-0.3, -0.25) is 4.52 Å². The van der Waals surface area contributed by atoms with Gasteiger partial charge in [-0.25, -0.2) is 13.7 Å². The number of rotatable bonds is 6. The van der Waals surface area contributed by atoms with Crippen LogP contribution in [0.3, 0.4) is 0 Å². The summed E-state index contributed by atoms with van der Waals surface area (Å²) in [6.45, 7) is -2.14. The highest BCUT2D eigenvalue weighted by Crippen LogP contribution is 2.47. The Balaban J connectivity index is 2.85. The first kappa shape index (κ1) is 18.1. The van der Waals surface area contributed by atoms with Gasteiger partial charge in [-0.15, -0.1) is 0 Å². The third-order valence-electron chi connectivity index (χ3n) is 2.41. The molecule has 0 amide bonds. The second-order valence-electron chi connectivity index (χ2n) is 3.93. The molecular weight excluding hydrogens is 326 g/mol. The van der Waals surface area contributed by atoms with Crippen molar-refractivity contribution in [2.24, 2.45) is 0 Å². The Hall–Kier alpha value is 0.0600. The topological polar surface area (TPSA) is 203 Å². The van der Waals surface area contributed by atoms with Crippen LogP contribution in [0.2, 0.25) is 0 Å². The Morgan fingerprint density at radius 1 is 1.10 bits per heavy atom. The van der Waals surface area contributed by atoms with Gasteiger partial charge in [-0.1, -0.05) is 0 Å². The van der Waals surface area contributed by atoms with E-state index in [1.165, 1.54) is 0 Å². The van der Waals surface area contributed by atoms with Crippen molar-refractivity contribution < 1.29 is 57.8 Å². The lowest BCUT2D eigenvalue weighted by molar-refractivity contribution is -0.237. The molecule has 0 radical (unpaired) electrons. The normalized spacial score (nSPS) is 35.5. The van der Waals surface area contributed by atoms with Gasteiger partial charge in [0.25, 0.3) is 0 Å². The first-order valence-electron chi connectivity index (χ1n) is 5.01. The fraction of sp³-hybridized carbons (Fsp3) is 1.00. The van der Waals surface area contributed by atoms with Crippen molar-refractivity contribution in [3.8, 4) is 0 Å². The number of hydrogen-bond acceptors (Lipinski definition) is 8. The number of aliphatic hydroxyl groups is 3. The van der Waals surface area contributed by atoms with E-state index in [2.05, 4.69) is 9.05 Å². The molecule has 0 aromatic rings. The second-order valence-corrected chi connectivity index (χ2v) is 6.33.